The van der Waals surface area contributed by atoms with Gasteiger partial charge < -0.3 is 15.0 Å². The van der Waals surface area contributed by atoms with Gasteiger partial charge in [-0.05, 0) is 31.5 Å². The maximum atomic E-state index is 11.9. The Morgan fingerprint density at radius 3 is 2.57 bits per heavy atom. The first-order chi connectivity index (χ1) is 9.82. The third-order valence-corrected chi connectivity index (χ3v) is 3.38. The van der Waals surface area contributed by atoms with Gasteiger partial charge >= 0.3 is 0 Å². The fourth-order valence-corrected chi connectivity index (χ4v) is 2.14. The van der Waals surface area contributed by atoms with Gasteiger partial charge in [-0.1, -0.05) is 31.5 Å². The molecule has 0 bridgehead atoms. The highest BCUT2D eigenvalue weighted by Gasteiger charge is 2.18. The van der Waals surface area contributed by atoms with Crippen LogP contribution in [0.1, 0.15) is 26.3 Å². The molecular weight excluding hydrogens is 288 g/mol. The number of nitrogens with zero attached hydrogens (tertiary/aromatic N) is 1. The fraction of sp³-hybridized carbons (Fsp3) is 0.562. The Hall–Kier alpha value is -1.26. The van der Waals surface area contributed by atoms with Crippen molar-refractivity contribution in [3.63, 3.8) is 0 Å². The van der Waals surface area contributed by atoms with E-state index in [1.165, 1.54) is 4.90 Å². The summed E-state index contributed by atoms with van der Waals surface area (Å²) in [6.45, 7) is 7.56. The molecule has 1 atom stereocenters. The van der Waals surface area contributed by atoms with E-state index in [1.54, 1.807) is 21.0 Å². The molecule has 1 aromatic carbocycles. The van der Waals surface area contributed by atoms with Crippen LogP contribution in [0.2, 0.25) is 5.02 Å². The predicted octanol–water partition coefficient (Wildman–Crippen LogP) is 2.94. The predicted molar refractivity (Wildman–Crippen MR) is 86.8 cm³/mol. The standard InChI is InChI=1S/C16H25ClN2O2/c1-11(2)9-18-10-13-14(17)7-6-8-15(13)21-12(3)16(20)19(4)5/h6-8,11-12,18H,9-10H2,1-5H3. The van der Waals surface area contributed by atoms with E-state index in [0.717, 1.165) is 12.1 Å². The van der Waals surface area contributed by atoms with Crippen molar-refractivity contribution >= 4 is 17.5 Å². The first-order valence-electron chi connectivity index (χ1n) is 7.18. The molecule has 5 heteroatoms. The monoisotopic (exact) mass is 312 g/mol. The molecule has 1 rings (SSSR count). The lowest BCUT2D eigenvalue weighted by Crippen LogP contribution is -2.35. The number of carbonyl (C=O) groups excluding carboxylic acids is 1. The number of benzene rings is 1. The van der Waals surface area contributed by atoms with Gasteiger partial charge in [-0.15, -0.1) is 0 Å². The van der Waals surface area contributed by atoms with Gasteiger partial charge in [-0.3, -0.25) is 4.79 Å². The van der Waals surface area contributed by atoms with E-state index >= 15 is 0 Å². The molecule has 0 heterocycles. The number of carbonyl (C=O) groups is 1. The molecule has 0 fully saturated rings. The van der Waals surface area contributed by atoms with Gasteiger partial charge in [0.25, 0.3) is 5.91 Å². The van der Waals surface area contributed by atoms with Crippen LogP contribution in [0.5, 0.6) is 5.75 Å². The molecular formula is C16H25ClN2O2. The lowest BCUT2D eigenvalue weighted by molar-refractivity contribution is -0.135. The zero-order valence-corrected chi connectivity index (χ0v) is 14.2. The van der Waals surface area contributed by atoms with Crippen LogP contribution in [-0.2, 0) is 11.3 Å². The summed E-state index contributed by atoms with van der Waals surface area (Å²) in [7, 11) is 3.43. The number of hydrogen-bond donors (Lipinski definition) is 1. The molecule has 0 spiro atoms. The van der Waals surface area contributed by atoms with Gasteiger partial charge in [0.2, 0.25) is 0 Å². The van der Waals surface area contributed by atoms with Crippen LogP contribution >= 0.6 is 11.6 Å². The molecule has 118 valence electrons. The number of nitrogens with one attached hydrogen (secondary N) is 1. The van der Waals surface area contributed by atoms with E-state index in [4.69, 9.17) is 16.3 Å². The van der Waals surface area contributed by atoms with E-state index in [1.807, 2.05) is 18.2 Å². The van der Waals surface area contributed by atoms with Gasteiger partial charge in [0.05, 0.1) is 0 Å². The van der Waals surface area contributed by atoms with Crippen LogP contribution in [0.15, 0.2) is 18.2 Å². The Kier molecular flexibility index (Phi) is 6.99. The Balaban J connectivity index is 2.82. The molecule has 1 amide bonds. The van der Waals surface area contributed by atoms with Crippen molar-refractivity contribution in [2.75, 3.05) is 20.6 Å². The minimum Gasteiger partial charge on any atom is -0.481 e. The van der Waals surface area contributed by atoms with Crippen molar-refractivity contribution in [2.24, 2.45) is 5.92 Å². The van der Waals surface area contributed by atoms with Crippen LogP contribution in [-0.4, -0.2) is 37.6 Å². The molecule has 0 aromatic heterocycles. The highest BCUT2D eigenvalue weighted by atomic mass is 35.5. The van der Waals surface area contributed by atoms with Crippen molar-refractivity contribution in [2.45, 2.75) is 33.4 Å². The fourth-order valence-electron chi connectivity index (χ4n) is 1.91. The molecule has 0 aliphatic rings. The molecule has 1 unspecified atom stereocenters. The van der Waals surface area contributed by atoms with Crippen LogP contribution < -0.4 is 10.1 Å². The number of rotatable bonds is 7. The maximum Gasteiger partial charge on any atom is 0.262 e. The summed E-state index contributed by atoms with van der Waals surface area (Å²) >= 11 is 6.25. The average molecular weight is 313 g/mol. The Morgan fingerprint density at radius 1 is 1.33 bits per heavy atom. The molecule has 1 aromatic rings. The number of amides is 1. The smallest absolute Gasteiger partial charge is 0.262 e. The topological polar surface area (TPSA) is 41.6 Å². The zero-order valence-electron chi connectivity index (χ0n) is 13.4. The molecule has 21 heavy (non-hydrogen) atoms. The first kappa shape index (κ1) is 17.8. The summed E-state index contributed by atoms with van der Waals surface area (Å²) < 4.78 is 5.79. The van der Waals surface area contributed by atoms with Crippen LogP contribution in [0.4, 0.5) is 0 Å². The van der Waals surface area contributed by atoms with Crippen molar-refractivity contribution in [3.05, 3.63) is 28.8 Å². The lowest BCUT2D eigenvalue weighted by Gasteiger charge is -2.21. The number of hydrogen-bond acceptors (Lipinski definition) is 3. The second kappa shape index (κ2) is 8.25. The van der Waals surface area contributed by atoms with Gasteiger partial charge in [-0.25, -0.2) is 0 Å². The Bertz CT molecular complexity index is 475. The van der Waals surface area contributed by atoms with Gasteiger partial charge in [0, 0.05) is 31.2 Å². The summed E-state index contributed by atoms with van der Waals surface area (Å²) in [5, 5.41) is 3.99. The summed E-state index contributed by atoms with van der Waals surface area (Å²) in [5.41, 5.74) is 0.887. The van der Waals surface area contributed by atoms with E-state index in [2.05, 4.69) is 19.2 Å². The number of halogens is 1. The second-order valence-electron chi connectivity index (χ2n) is 5.73. The van der Waals surface area contributed by atoms with Crippen molar-refractivity contribution in [3.8, 4) is 5.75 Å². The normalized spacial score (nSPS) is 12.3. The summed E-state index contributed by atoms with van der Waals surface area (Å²) in [6, 6.07) is 5.51. The number of likely N-dealkylation sites (N-methyl/N-ethyl adjacent to an activating group) is 1. The Morgan fingerprint density at radius 2 is 2.00 bits per heavy atom. The first-order valence-corrected chi connectivity index (χ1v) is 7.56. The third kappa shape index (κ3) is 5.56. The van der Waals surface area contributed by atoms with Crippen LogP contribution in [0.25, 0.3) is 0 Å². The molecule has 0 radical (unpaired) electrons. The van der Waals surface area contributed by atoms with Gasteiger partial charge in [0.1, 0.15) is 5.75 Å². The molecule has 0 aliphatic carbocycles. The minimum absolute atomic E-state index is 0.0731. The largest absolute Gasteiger partial charge is 0.481 e. The molecule has 1 N–H and O–H groups in total. The van der Waals surface area contributed by atoms with Gasteiger partial charge in [0.15, 0.2) is 6.10 Å². The molecule has 4 nitrogen and oxygen atoms in total. The van der Waals surface area contributed by atoms with Crippen LogP contribution in [0.3, 0.4) is 0 Å². The lowest BCUT2D eigenvalue weighted by atomic mass is 10.1. The van der Waals surface area contributed by atoms with E-state index < -0.39 is 6.10 Å². The SMILES string of the molecule is CC(C)CNCc1c(Cl)cccc1OC(C)C(=O)N(C)C. The summed E-state index contributed by atoms with van der Waals surface area (Å²) in [4.78, 5) is 13.4. The van der Waals surface area contributed by atoms with Crippen LogP contribution in [0, 0.1) is 5.92 Å². The molecule has 0 aliphatic heterocycles. The summed E-state index contributed by atoms with van der Waals surface area (Å²) in [5.74, 6) is 1.14. The molecule has 0 saturated heterocycles. The van der Waals surface area contributed by atoms with E-state index in [0.29, 0.717) is 23.2 Å². The highest BCUT2D eigenvalue weighted by Crippen LogP contribution is 2.27. The van der Waals surface area contributed by atoms with E-state index in [-0.39, 0.29) is 5.91 Å². The second-order valence-corrected chi connectivity index (χ2v) is 6.14. The quantitative estimate of drug-likeness (QED) is 0.841. The van der Waals surface area contributed by atoms with Crippen molar-refractivity contribution < 1.29 is 9.53 Å². The molecule has 0 saturated carbocycles. The highest BCUT2D eigenvalue weighted by molar-refractivity contribution is 6.31. The Labute approximate surface area is 132 Å². The van der Waals surface area contributed by atoms with Crippen molar-refractivity contribution in [1.29, 1.82) is 0 Å². The third-order valence-electron chi connectivity index (χ3n) is 3.02. The van der Waals surface area contributed by atoms with Gasteiger partial charge in [-0.2, -0.15) is 0 Å². The zero-order chi connectivity index (χ0) is 16.0. The van der Waals surface area contributed by atoms with E-state index in [9.17, 15) is 4.79 Å². The minimum atomic E-state index is -0.540. The van der Waals surface area contributed by atoms with Crippen molar-refractivity contribution in [1.82, 2.24) is 10.2 Å². The summed E-state index contributed by atoms with van der Waals surface area (Å²) in [6.07, 6.45) is -0.540. The average Bonchev–Trinajstić information content (AvgIpc) is 2.40. The maximum absolute atomic E-state index is 11.9. The number of ether oxygens (including phenoxy) is 1.